The summed E-state index contributed by atoms with van der Waals surface area (Å²) < 4.78 is 5.66. The molecule has 0 bridgehead atoms. The molecule has 1 aromatic rings. The molecular weight excluding hydrogens is 284 g/mol. The number of nitrogens with zero attached hydrogens (tertiary/aromatic N) is 2. The van der Waals surface area contributed by atoms with Crippen molar-refractivity contribution in [3.8, 4) is 6.07 Å². The fourth-order valence-electron chi connectivity index (χ4n) is 2.56. The predicted molar refractivity (Wildman–Crippen MR) is 95.0 cm³/mol. The fraction of sp³-hybridized carbons (Fsp3) is 0.700. The Bertz CT molecular complexity index is 471. The van der Waals surface area contributed by atoms with Crippen LogP contribution in [0.3, 0.4) is 0 Å². The van der Waals surface area contributed by atoms with Crippen LogP contribution in [0.25, 0.3) is 0 Å². The minimum atomic E-state index is 0.456. The smallest absolute Gasteiger partial charge is 0.140 e. The first-order valence-corrected chi connectivity index (χ1v) is 8.94. The van der Waals surface area contributed by atoms with Crippen molar-refractivity contribution < 1.29 is 4.74 Å². The molecule has 3 nitrogen and oxygen atoms in total. The van der Waals surface area contributed by atoms with Gasteiger partial charge in [-0.2, -0.15) is 5.26 Å². The molecule has 0 atom stereocenters. The van der Waals surface area contributed by atoms with Gasteiger partial charge in [0, 0.05) is 12.8 Å². The quantitative estimate of drug-likeness (QED) is 0.496. The lowest BCUT2D eigenvalue weighted by Crippen LogP contribution is -2.03. The Morgan fingerprint density at radius 1 is 1.04 bits per heavy atom. The van der Waals surface area contributed by atoms with Crippen LogP contribution in [0.2, 0.25) is 0 Å². The number of unbranched alkanes of at least 4 members (excludes halogenated alkanes) is 6. The average molecular weight is 316 g/mol. The molecule has 0 aliphatic carbocycles. The van der Waals surface area contributed by atoms with Gasteiger partial charge in [0.15, 0.2) is 0 Å². The summed E-state index contributed by atoms with van der Waals surface area (Å²) in [6.45, 7) is 8.33. The zero-order valence-corrected chi connectivity index (χ0v) is 15.1. The second-order valence-corrected chi connectivity index (χ2v) is 7.50. The van der Waals surface area contributed by atoms with Crippen LogP contribution in [-0.4, -0.2) is 11.6 Å². The number of hydrogen-bond acceptors (Lipinski definition) is 3. The summed E-state index contributed by atoms with van der Waals surface area (Å²) in [6, 6.07) is 5.74. The molecule has 0 radical (unpaired) electrons. The van der Waals surface area contributed by atoms with E-state index in [2.05, 4.69) is 25.8 Å². The van der Waals surface area contributed by atoms with E-state index in [9.17, 15) is 0 Å². The van der Waals surface area contributed by atoms with Crippen molar-refractivity contribution in [2.24, 2.45) is 5.41 Å². The monoisotopic (exact) mass is 316 g/mol. The van der Waals surface area contributed by atoms with Crippen LogP contribution in [-0.2, 0) is 11.3 Å². The molecule has 1 heterocycles. The maximum absolute atomic E-state index is 8.79. The molecule has 3 heteroatoms. The standard InChI is InChI=1S/C20H32N2O/c1-20(2,3)12-9-7-5-4-6-8-10-14-23-17-18-11-13-22-19(15-18)16-21/h11,13,15H,4-10,12,14,17H2,1-3H3. The van der Waals surface area contributed by atoms with E-state index < -0.39 is 0 Å². The number of aromatic nitrogens is 1. The zero-order valence-electron chi connectivity index (χ0n) is 15.1. The second kappa shape index (κ2) is 11.2. The van der Waals surface area contributed by atoms with Gasteiger partial charge in [0.2, 0.25) is 0 Å². The van der Waals surface area contributed by atoms with Crippen molar-refractivity contribution in [1.29, 1.82) is 5.26 Å². The Kier molecular flexibility index (Phi) is 9.55. The molecule has 0 aliphatic rings. The van der Waals surface area contributed by atoms with Gasteiger partial charge in [0.1, 0.15) is 11.8 Å². The van der Waals surface area contributed by atoms with Crippen LogP contribution in [0.4, 0.5) is 0 Å². The van der Waals surface area contributed by atoms with Gasteiger partial charge in [0.05, 0.1) is 6.61 Å². The van der Waals surface area contributed by atoms with E-state index in [0.717, 1.165) is 18.6 Å². The van der Waals surface area contributed by atoms with Crippen LogP contribution in [0.1, 0.15) is 83.4 Å². The lowest BCUT2D eigenvalue weighted by molar-refractivity contribution is 0.116. The van der Waals surface area contributed by atoms with E-state index in [1.54, 1.807) is 12.3 Å². The summed E-state index contributed by atoms with van der Waals surface area (Å²) in [5.41, 5.74) is 1.97. The van der Waals surface area contributed by atoms with Crippen molar-refractivity contribution in [3.63, 3.8) is 0 Å². The van der Waals surface area contributed by atoms with Gasteiger partial charge in [-0.3, -0.25) is 0 Å². The molecule has 0 spiro atoms. The highest BCUT2D eigenvalue weighted by atomic mass is 16.5. The highest BCUT2D eigenvalue weighted by Gasteiger charge is 2.08. The first-order chi connectivity index (χ1) is 11.0. The maximum Gasteiger partial charge on any atom is 0.140 e. The third kappa shape index (κ3) is 10.9. The molecule has 0 unspecified atom stereocenters. The van der Waals surface area contributed by atoms with Gasteiger partial charge in [-0.15, -0.1) is 0 Å². The van der Waals surface area contributed by atoms with E-state index in [0.29, 0.717) is 17.7 Å². The SMILES string of the molecule is CC(C)(C)CCCCCCCCCOCc1ccnc(C#N)c1. The van der Waals surface area contributed by atoms with Crippen LogP contribution in [0, 0.1) is 16.7 Å². The van der Waals surface area contributed by atoms with E-state index in [-0.39, 0.29) is 0 Å². The van der Waals surface area contributed by atoms with Crippen molar-refractivity contribution in [3.05, 3.63) is 29.6 Å². The fourth-order valence-corrected chi connectivity index (χ4v) is 2.56. The van der Waals surface area contributed by atoms with Crippen molar-refractivity contribution in [1.82, 2.24) is 4.98 Å². The molecule has 23 heavy (non-hydrogen) atoms. The molecule has 0 fully saturated rings. The van der Waals surface area contributed by atoms with E-state index in [1.165, 1.54) is 44.9 Å². The second-order valence-electron chi connectivity index (χ2n) is 7.50. The summed E-state index contributed by atoms with van der Waals surface area (Å²) in [5.74, 6) is 0. The molecule has 1 aromatic heterocycles. The third-order valence-electron chi connectivity index (χ3n) is 3.92. The van der Waals surface area contributed by atoms with Crippen molar-refractivity contribution >= 4 is 0 Å². The number of rotatable bonds is 11. The summed E-state index contributed by atoms with van der Waals surface area (Å²) in [7, 11) is 0. The Morgan fingerprint density at radius 3 is 2.35 bits per heavy atom. The summed E-state index contributed by atoms with van der Waals surface area (Å²) in [5, 5.41) is 8.79. The van der Waals surface area contributed by atoms with Gasteiger partial charge in [0.25, 0.3) is 0 Å². The van der Waals surface area contributed by atoms with Crippen molar-refractivity contribution in [2.45, 2.75) is 78.7 Å². The highest BCUT2D eigenvalue weighted by molar-refractivity contribution is 5.24. The van der Waals surface area contributed by atoms with Gasteiger partial charge >= 0.3 is 0 Å². The summed E-state index contributed by atoms with van der Waals surface area (Å²) in [6.07, 6.45) is 12.1. The zero-order chi connectivity index (χ0) is 17.0. The normalized spacial score (nSPS) is 11.4. The Labute approximate surface area is 142 Å². The molecule has 0 aliphatic heterocycles. The van der Waals surface area contributed by atoms with Crippen LogP contribution in [0.15, 0.2) is 18.3 Å². The molecular formula is C20H32N2O. The molecule has 0 amide bonds. The van der Waals surface area contributed by atoms with Crippen LogP contribution < -0.4 is 0 Å². The largest absolute Gasteiger partial charge is 0.377 e. The number of pyridine rings is 1. The minimum Gasteiger partial charge on any atom is -0.377 e. The maximum atomic E-state index is 8.79. The molecule has 128 valence electrons. The van der Waals surface area contributed by atoms with E-state index in [1.807, 2.05) is 12.1 Å². The average Bonchev–Trinajstić information content (AvgIpc) is 2.51. The first-order valence-electron chi connectivity index (χ1n) is 8.94. The molecule has 0 saturated carbocycles. The molecule has 0 N–H and O–H groups in total. The van der Waals surface area contributed by atoms with Crippen LogP contribution >= 0.6 is 0 Å². The Morgan fingerprint density at radius 2 is 1.70 bits per heavy atom. The number of nitriles is 1. The molecule has 0 aromatic carbocycles. The topological polar surface area (TPSA) is 45.9 Å². The van der Waals surface area contributed by atoms with Gasteiger partial charge in [-0.1, -0.05) is 59.3 Å². The number of ether oxygens (including phenoxy) is 1. The third-order valence-corrected chi connectivity index (χ3v) is 3.92. The number of hydrogen-bond donors (Lipinski definition) is 0. The van der Waals surface area contributed by atoms with E-state index in [4.69, 9.17) is 10.00 Å². The van der Waals surface area contributed by atoms with Crippen molar-refractivity contribution in [2.75, 3.05) is 6.61 Å². The first kappa shape index (κ1) is 19.6. The van der Waals surface area contributed by atoms with Gasteiger partial charge in [-0.05, 0) is 36.0 Å². The lowest BCUT2D eigenvalue weighted by Gasteiger charge is -2.17. The lowest BCUT2D eigenvalue weighted by atomic mass is 9.89. The predicted octanol–water partition coefficient (Wildman–Crippen LogP) is 5.64. The summed E-state index contributed by atoms with van der Waals surface area (Å²) in [4.78, 5) is 3.95. The Balaban J connectivity index is 1.91. The Hall–Kier alpha value is -1.40. The van der Waals surface area contributed by atoms with Gasteiger partial charge in [-0.25, -0.2) is 4.98 Å². The van der Waals surface area contributed by atoms with Crippen LogP contribution in [0.5, 0.6) is 0 Å². The minimum absolute atomic E-state index is 0.456. The van der Waals surface area contributed by atoms with E-state index >= 15 is 0 Å². The highest BCUT2D eigenvalue weighted by Crippen LogP contribution is 2.22. The molecule has 1 rings (SSSR count). The van der Waals surface area contributed by atoms with Gasteiger partial charge < -0.3 is 4.74 Å². The molecule has 0 saturated heterocycles. The summed E-state index contributed by atoms with van der Waals surface area (Å²) >= 11 is 0.